The molecule has 0 saturated carbocycles. The van der Waals surface area contributed by atoms with Gasteiger partial charge in [0.1, 0.15) is 0 Å². The molecule has 0 radical (unpaired) electrons. The normalized spacial score (nSPS) is 11.0. The maximum Gasteiger partial charge on any atom is 0.278 e. The second-order valence-corrected chi connectivity index (χ2v) is 6.27. The fraction of sp³-hybridized carbons (Fsp3) is 0.357. The number of benzene rings is 1. The van der Waals surface area contributed by atoms with Crippen LogP contribution in [0.3, 0.4) is 0 Å². The Kier molecular flexibility index (Phi) is 6.02. The van der Waals surface area contributed by atoms with Gasteiger partial charge in [0, 0.05) is 0 Å². The van der Waals surface area contributed by atoms with Crippen LogP contribution in [0.2, 0.25) is 0 Å². The largest absolute Gasteiger partial charge is 0.278 e. The summed E-state index contributed by atoms with van der Waals surface area (Å²) < 4.78 is 51.0. The zero-order valence-corrected chi connectivity index (χ0v) is 12.6. The van der Waals surface area contributed by atoms with E-state index in [1.54, 1.807) is 30.7 Å². The lowest BCUT2D eigenvalue weighted by atomic mass is 10.1. The zero-order valence-electron chi connectivity index (χ0n) is 11.8. The van der Waals surface area contributed by atoms with Crippen LogP contribution in [-0.4, -0.2) is 14.3 Å². The van der Waals surface area contributed by atoms with Crippen molar-refractivity contribution in [2.45, 2.75) is 38.0 Å². The molecule has 0 unspecified atom stereocenters. The first-order chi connectivity index (χ1) is 9.77. The smallest absolute Gasteiger partial charge is 0.268 e. The van der Waals surface area contributed by atoms with Crippen LogP contribution >= 0.6 is 0 Å². The molecule has 0 bridgehead atoms. The van der Waals surface area contributed by atoms with Gasteiger partial charge in [-0.3, -0.25) is 4.79 Å². The van der Waals surface area contributed by atoms with Gasteiger partial charge in [0.2, 0.25) is 0 Å². The minimum absolute atomic E-state index is 0.143. The molecule has 21 heavy (non-hydrogen) atoms. The van der Waals surface area contributed by atoms with Crippen LogP contribution < -0.4 is 4.72 Å². The molecule has 0 fully saturated rings. The maximum absolute atomic E-state index is 12.7. The second kappa shape index (κ2) is 7.31. The number of nitrogens with one attached hydrogen (secondary N) is 1. The Labute approximate surface area is 122 Å². The first kappa shape index (κ1) is 17.3. The number of sulfonamides is 1. The third-order valence-electron chi connectivity index (χ3n) is 2.84. The molecule has 1 N–H and O–H groups in total. The molecular formula is C14H17F2NO3S. The van der Waals surface area contributed by atoms with Crippen molar-refractivity contribution < 1.29 is 22.0 Å². The summed E-state index contributed by atoms with van der Waals surface area (Å²) in [6, 6.07) is 5.74. The van der Waals surface area contributed by atoms with E-state index in [0.717, 1.165) is 5.56 Å². The summed E-state index contributed by atoms with van der Waals surface area (Å²) in [6.07, 6.45) is -1.31. The first-order valence-electron chi connectivity index (χ1n) is 6.46. The monoisotopic (exact) mass is 317 g/mol. The van der Waals surface area contributed by atoms with Crippen molar-refractivity contribution in [2.24, 2.45) is 0 Å². The summed E-state index contributed by atoms with van der Waals surface area (Å²) in [5, 5.41) is 0. The van der Waals surface area contributed by atoms with Gasteiger partial charge < -0.3 is 0 Å². The number of hydrogen-bond acceptors (Lipinski definition) is 3. The average Bonchev–Trinajstić information content (AvgIpc) is 2.38. The van der Waals surface area contributed by atoms with Crippen molar-refractivity contribution in [3.63, 3.8) is 0 Å². The van der Waals surface area contributed by atoms with Gasteiger partial charge in [-0.1, -0.05) is 31.0 Å². The molecule has 0 aliphatic carbocycles. The number of halogens is 2. The van der Waals surface area contributed by atoms with Gasteiger partial charge in [-0.2, -0.15) is 8.78 Å². The Hall–Kier alpha value is -1.76. The highest BCUT2D eigenvalue weighted by Gasteiger charge is 2.22. The van der Waals surface area contributed by atoms with Gasteiger partial charge >= 0.3 is 0 Å². The fourth-order valence-electron chi connectivity index (χ4n) is 1.61. The number of amides is 1. The number of hydrogen-bond donors (Lipinski definition) is 1. The van der Waals surface area contributed by atoms with Crippen molar-refractivity contribution in [3.8, 4) is 0 Å². The molecule has 0 spiro atoms. The van der Waals surface area contributed by atoms with E-state index in [1.165, 1.54) is 12.1 Å². The van der Waals surface area contributed by atoms with E-state index in [4.69, 9.17) is 0 Å². The predicted molar refractivity (Wildman–Crippen MR) is 75.3 cm³/mol. The molecule has 0 saturated heterocycles. The number of aryl methyl sites for hydroxylation is 1. The molecule has 1 aromatic rings. The summed E-state index contributed by atoms with van der Waals surface area (Å²) in [7, 11) is -4.15. The van der Waals surface area contributed by atoms with E-state index in [-0.39, 0.29) is 11.3 Å². The summed E-state index contributed by atoms with van der Waals surface area (Å²) in [5.74, 6) is -1.27. The van der Waals surface area contributed by atoms with Crippen LogP contribution in [-0.2, 0) is 14.8 Å². The van der Waals surface area contributed by atoms with Crippen molar-refractivity contribution in [1.82, 2.24) is 4.72 Å². The number of carbonyl (C=O) groups is 1. The average molecular weight is 317 g/mol. The lowest BCUT2D eigenvalue weighted by Gasteiger charge is -2.09. The quantitative estimate of drug-likeness (QED) is 0.820. The zero-order chi connectivity index (χ0) is 16.0. The van der Waals surface area contributed by atoms with E-state index >= 15 is 0 Å². The summed E-state index contributed by atoms with van der Waals surface area (Å²) in [5.41, 5.74) is 0.0612. The molecule has 0 atom stereocenters. The van der Waals surface area contributed by atoms with Crippen LogP contribution in [0.15, 0.2) is 40.8 Å². The van der Waals surface area contributed by atoms with Gasteiger partial charge in [-0.25, -0.2) is 13.1 Å². The molecule has 7 heteroatoms. The Bertz CT molecular complexity index is 633. The Balaban J connectivity index is 2.95. The SMILES string of the molecule is CCCCC(C(=O)NS(=O)(=O)c1ccc(C)cc1)=C(F)F. The summed E-state index contributed by atoms with van der Waals surface area (Å²) >= 11 is 0. The van der Waals surface area contributed by atoms with Crippen LogP contribution in [0.25, 0.3) is 0 Å². The molecule has 4 nitrogen and oxygen atoms in total. The molecule has 1 rings (SSSR count). The Morgan fingerprint density at radius 3 is 2.24 bits per heavy atom. The molecule has 0 aliphatic rings. The van der Waals surface area contributed by atoms with Crippen molar-refractivity contribution in [2.75, 3.05) is 0 Å². The van der Waals surface area contributed by atoms with E-state index in [2.05, 4.69) is 0 Å². The number of rotatable bonds is 6. The van der Waals surface area contributed by atoms with Gasteiger partial charge in [0.15, 0.2) is 0 Å². The molecule has 1 amide bonds. The summed E-state index contributed by atoms with van der Waals surface area (Å²) in [4.78, 5) is 11.6. The molecular weight excluding hydrogens is 300 g/mol. The lowest BCUT2D eigenvalue weighted by molar-refractivity contribution is -0.116. The fourth-order valence-corrected chi connectivity index (χ4v) is 2.59. The molecule has 0 aromatic heterocycles. The van der Waals surface area contributed by atoms with E-state index in [0.29, 0.717) is 12.8 Å². The highest BCUT2D eigenvalue weighted by Crippen LogP contribution is 2.17. The van der Waals surface area contributed by atoms with Crippen LogP contribution in [0.1, 0.15) is 31.7 Å². The third kappa shape index (κ3) is 4.93. The van der Waals surface area contributed by atoms with Crippen molar-refractivity contribution in [1.29, 1.82) is 0 Å². The first-order valence-corrected chi connectivity index (χ1v) is 7.94. The van der Waals surface area contributed by atoms with Gasteiger partial charge in [-0.05, 0) is 31.9 Å². The molecule has 0 heterocycles. The highest BCUT2D eigenvalue weighted by molar-refractivity contribution is 7.90. The van der Waals surface area contributed by atoms with Crippen molar-refractivity contribution >= 4 is 15.9 Å². The van der Waals surface area contributed by atoms with Crippen LogP contribution in [0.4, 0.5) is 8.78 Å². The molecule has 116 valence electrons. The molecule has 0 aliphatic heterocycles. The maximum atomic E-state index is 12.7. The van der Waals surface area contributed by atoms with Crippen LogP contribution in [0.5, 0.6) is 0 Å². The van der Waals surface area contributed by atoms with Crippen molar-refractivity contribution in [3.05, 3.63) is 41.5 Å². The highest BCUT2D eigenvalue weighted by atomic mass is 32.2. The van der Waals surface area contributed by atoms with E-state index in [1.807, 2.05) is 0 Å². The van der Waals surface area contributed by atoms with Gasteiger partial charge in [0.25, 0.3) is 22.0 Å². The van der Waals surface area contributed by atoms with Gasteiger partial charge in [0.05, 0.1) is 10.5 Å². The second-order valence-electron chi connectivity index (χ2n) is 4.59. The lowest BCUT2D eigenvalue weighted by Crippen LogP contribution is -2.32. The number of carbonyl (C=O) groups excluding carboxylic acids is 1. The summed E-state index contributed by atoms with van der Waals surface area (Å²) in [6.45, 7) is 3.56. The molecule has 1 aromatic carbocycles. The predicted octanol–water partition coefficient (Wildman–Crippen LogP) is 3.14. The third-order valence-corrected chi connectivity index (χ3v) is 4.19. The van der Waals surface area contributed by atoms with E-state index < -0.39 is 27.6 Å². The van der Waals surface area contributed by atoms with E-state index in [9.17, 15) is 22.0 Å². The Morgan fingerprint density at radius 2 is 1.76 bits per heavy atom. The Morgan fingerprint density at radius 1 is 1.19 bits per heavy atom. The van der Waals surface area contributed by atoms with Crippen LogP contribution in [0, 0.1) is 6.92 Å². The van der Waals surface area contributed by atoms with Gasteiger partial charge in [-0.15, -0.1) is 0 Å². The standard InChI is InChI=1S/C14H17F2NO3S/c1-3-4-5-12(13(15)16)14(18)17-21(19,20)11-8-6-10(2)7-9-11/h6-9H,3-5H2,1-2H3,(H,17,18). The minimum atomic E-state index is -4.15. The topological polar surface area (TPSA) is 63.2 Å². The minimum Gasteiger partial charge on any atom is -0.268 e. The number of unbranched alkanes of at least 4 members (excludes halogenated alkanes) is 1.